The molecule has 1 unspecified atom stereocenters. The Balaban J connectivity index is 2.13. The summed E-state index contributed by atoms with van der Waals surface area (Å²) in [5, 5.41) is 13.5. The van der Waals surface area contributed by atoms with Gasteiger partial charge in [0.25, 0.3) is 0 Å². The van der Waals surface area contributed by atoms with Crippen molar-refractivity contribution in [1.82, 2.24) is 5.32 Å². The van der Waals surface area contributed by atoms with Crippen molar-refractivity contribution in [2.24, 2.45) is 0 Å². The van der Waals surface area contributed by atoms with Crippen molar-refractivity contribution in [3.8, 4) is 0 Å². The van der Waals surface area contributed by atoms with Crippen LogP contribution in [0.2, 0.25) is 5.02 Å². The standard InChI is InChI=1S/C13H18ClNO/c1-2-11(8-16)15-13-6-4-9-3-5-10(14)7-12(9)13/h3,5,7,11,13,15-16H,2,4,6,8H2,1H3/t11-,13?/m1/s1. The minimum absolute atomic E-state index is 0.190. The van der Waals surface area contributed by atoms with Crippen molar-refractivity contribution >= 4 is 11.6 Å². The van der Waals surface area contributed by atoms with Gasteiger partial charge in [-0.25, -0.2) is 0 Å². The second-order valence-corrected chi connectivity index (χ2v) is 4.83. The molecule has 1 aromatic carbocycles. The number of aryl methyl sites for hydroxylation is 1. The summed E-state index contributed by atoms with van der Waals surface area (Å²) in [6.07, 6.45) is 3.15. The quantitative estimate of drug-likeness (QED) is 0.847. The highest BCUT2D eigenvalue weighted by atomic mass is 35.5. The Kier molecular flexibility index (Phi) is 3.85. The molecule has 0 radical (unpaired) electrons. The number of fused-ring (bicyclic) bond motifs is 1. The number of rotatable bonds is 4. The van der Waals surface area contributed by atoms with Gasteiger partial charge in [-0.2, -0.15) is 0 Å². The van der Waals surface area contributed by atoms with Gasteiger partial charge in [0.2, 0.25) is 0 Å². The fraction of sp³-hybridized carbons (Fsp3) is 0.538. The predicted molar refractivity (Wildman–Crippen MR) is 66.8 cm³/mol. The lowest BCUT2D eigenvalue weighted by molar-refractivity contribution is 0.227. The molecule has 0 aliphatic heterocycles. The van der Waals surface area contributed by atoms with Crippen molar-refractivity contribution in [1.29, 1.82) is 0 Å². The van der Waals surface area contributed by atoms with E-state index < -0.39 is 0 Å². The van der Waals surface area contributed by atoms with Gasteiger partial charge in [-0.3, -0.25) is 0 Å². The summed E-state index contributed by atoms with van der Waals surface area (Å²) in [5.74, 6) is 0. The molecular weight excluding hydrogens is 222 g/mol. The second-order valence-electron chi connectivity index (χ2n) is 4.39. The summed E-state index contributed by atoms with van der Waals surface area (Å²) in [6, 6.07) is 6.65. The van der Waals surface area contributed by atoms with Crippen molar-refractivity contribution in [2.45, 2.75) is 38.3 Å². The molecule has 0 heterocycles. The van der Waals surface area contributed by atoms with Crippen molar-refractivity contribution in [2.75, 3.05) is 6.61 Å². The molecule has 0 saturated heterocycles. The number of hydrogen-bond donors (Lipinski definition) is 2. The molecule has 1 aromatic rings. The van der Waals surface area contributed by atoms with E-state index >= 15 is 0 Å². The van der Waals surface area contributed by atoms with E-state index in [1.807, 2.05) is 12.1 Å². The summed E-state index contributed by atoms with van der Waals surface area (Å²) in [7, 11) is 0. The number of benzene rings is 1. The van der Waals surface area contributed by atoms with Crippen LogP contribution in [-0.4, -0.2) is 17.8 Å². The highest BCUT2D eigenvalue weighted by Crippen LogP contribution is 2.33. The molecule has 16 heavy (non-hydrogen) atoms. The van der Waals surface area contributed by atoms with Gasteiger partial charge >= 0.3 is 0 Å². The fourth-order valence-electron chi connectivity index (χ4n) is 2.33. The number of aliphatic hydroxyl groups excluding tert-OH is 1. The molecule has 88 valence electrons. The number of aliphatic hydroxyl groups is 1. The Hall–Kier alpha value is -0.570. The first-order valence-corrected chi connectivity index (χ1v) is 6.27. The first-order chi connectivity index (χ1) is 7.74. The Morgan fingerprint density at radius 2 is 2.38 bits per heavy atom. The first-order valence-electron chi connectivity index (χ1n) is 5.89. The zero-order valence-electron chi connectivity index (χ0n) is 9.54. The third-order valence-electron chi connectivity index (χ3n) is 3.34. The second kappa shape index (κ2) is 5.17. The molecule has 0 aromatic heterocycles. The molecule has 0 fully saturated rings. The SMILES string of the molecule is CC[C@H](CO)NC1CCc2ccc(Cl)cc21. The smallest absolute Gasteiger partial charge is 0.0584 e. The van der Waals surface area contributed by atoms with Crippen molar-refractivity contribution in [3.05, 3.63) is 34.3 Å². The highest BCUT2D eigenvalue weighted by Gasteiger charge is 2.24. The lowest BCUT2D eigenvalue weighted by Crippen LogP contribution is -2.34. The van der Waals surface area contributed by atoms with E-state index in [2.05, 4.69) is 18.3 Å². The average Bonchev–Trinajstić information content (AvgIpc) is 2.68. The summed E-state index contributed by atoms with van der Waals surface area (Å²) >= 11 is 6.02. The summed E-state index contributed by atoms with van der Waals surface area (Å²) in [5.41, 5.74) is 2.69. The van der Waals surface area contributed by atoms with Gasteiger partial charge in [-0.1, -0.05) is 24.6 Å². The van der Waals surface area contributed by atoms with Gasteiger partial charge < -0.3 is 10.4 Å². The minimum Gasteiger partial charge on any atom is -0.395 e. The van der Waals surface area contributed by atoms with Gasteiger partial charge in [0.1, 0.15) is 0 Å². The molecule has 1 aliphatic carbocycles. The zero-order chi connectivity index (χ0) is 11.5. The summed E-state index contributed by atoms with van der Waals surface area (Å²) in [6.45, 7) is 2.28. The molecule has 3 heteroatoms. The van der Waals surface area contributed by atoms with Crippen LogP contribution in [-0.2, 0) is 6.42 Å². The topological polar surface area (TPSA) is 32.3 Å². The lowest BCUT2D eigenvalue weighted by atomic mass is 10.1. The molecule has 2 nitrogen and oxygen atoms in total. The van der Waals surface area contributed by atoms with Crippen LogP contribution < -0.4 is 5.32 Å². The zero-order valence-corrected chi connectivity index (χ0v) is 10.3. The van der Waals surface area contributed by atoms with E-state index in [1.165, 1.54) is 11.1 Å². The van der Waals surface area contributed by atoms with E-state index in [9.17, 15) is 5.11 Å². The van der Waals surface area contributed by atoms with Crippen LogP contribution in [0.5, 0.6) is 0 Å². The Morgan fingerprint density at radius 1 is 1.56 bits per heavy atom. The van der Waals surface area contributed by atoms with Crippen LogP contribution in [0.1, 0.15) is 36.9 Å². The normalized spacial score (nSPS) is 20.8. The molecule has 0 amide bonds. The van der Waals surface area contributed by atoms with Crippen LogP contribution in [0, 0.1) is 0 Å². The number of halogens is 1. The largest absolute Gasteiger partial charge is 0.395 e. The number of hydrogen-bond acceptors (Lipinski definition) is 2. The van der Waals surface area contributed by atoms with Gasteiger partial charge in [-0.05, 0) is 42.5 Å². The maximum absolute atomic E-state index is 9.20. The first kappa shape index (κ1) is 11.9. The Morgan fingerprint density at radius 3 is 3.06 bits per heavy atom. The third kappa shape index (κ3) is 2.40. The third-order valence-corrected chi connectivity index (χ3v) is 3.57. The van der Waals surface area contributed by atoms with E-state index in [0.29, 0.717) is 6.04 Å². The van der Waals surface area contributed by atoms with Crippen LogP contribution in [0.4, 0.5) is 0 Å². The van der Waals surface area contributed by atoms with Crippen LogP contribution in [0.3, 0.4) is 0 Å². The maximum atomic E-state index is 9.20. The van der Waals surface area contributed by atoms with Crippen LogP contribution in [0.25, 0.3) is 0 Å². The highest BCUT2D eigenvalue weighted by molar-refractivity contribution is 6.30. The Labute approximate surface area is 102 Å². The summed E-state index contributed by atoms with van der Waals surface area (Å²) < 4.78 is 0. The van der Waals surface area contributed by atoms with E-state index in [1.54, 1.807) is 0 Å². The molecule has 2 atom stereocenters. The maximum Gasteiger partial charge on any atom is 0.0584 e. The van der Waals surface area contributed by atoms with E-state index in [4.69, 9.17) is 11.6 Å². The van der Waals surface area contributed by atoms with Gasteiger partial charge in [-0.15, -0.1) is 0 Å². The van der Waals surface area contributed by atoms with Crippen LogP contribution >= 0.6 is 11.6 Å². The van der Waals surface area contributed by atoms with E-state index in [-0.39, 0.29) is 12.6 Å². The van der Waals surface area contributed by atoms with Crippen LogP contribution in [0.15, 0.2) is 18.2 Å². The summed E-state index contributed by atoms with van der Waals surface area (Å²) in [4.78, 5) is 0. The monoisotopic (exact) mass is 239 g/mol. The molecule has 0 saturated carbocycles. The number of nitrogens with one attached hydrogen (secondary N) is 1. The van der Waals surface area contributed by atoms with Crippen molar-refractivity contribution in [3.63, 3.8) is 0 Å². The van der Waals surface area contributed by atoms with E-state index in [0.717, 1.165) is 24.3 Å². The molecule has 2 N–H and O–H groups in total. The molecule has 2 rings (SSSR count). The molecular formula is C13H18ClNO. The Bertz CT molecular complexity index is 363. The van der Waals surface area contributed by atoms with Gasteiger partial charge in [0, 0.05) is 17.1 Å². The van der Waals surface area contributed by atoms with Gasteiger partial charge in [0.05, 0.1) is 6.61 Å². The average molecular weight is 240 g/mol. The molecule has 0 spiro atoms. The van der Waals surface area contributed by atoms with Crippen molar-refractivity contribution < 1.29 is 5.11 Å². The molecule has 0 bridgehead atoms. The lowest BCUT2D eigenvalue weighted by Gasteiger charge is -2.20. The predicted octanol–water partition coefficient (Wildman–Crippen LogP) is 2.69. The van der Waals surface area contributed by atoms with Gasteiger partial charge in [0.15, 0.2) is 0 Å². The molecule has 1 aliphatic rings. The minimum atomic E-state index is 0.190. The fourth-order valence-corrected chi connectivity index (χ4v) is 2.51.